The average molecular weight is 354 g/mol. The number of imidazole rings is 1. The van der Waals surface area contributed by atoms with Crippen molar-refractivity contribution >= 4 is 17.9 Å². The van der Waals surface area contributed by atoms with E-state index >= 15 is 0 Å². The number of carbonyl (C=O) groups excluding carboxylic acids is 2. The third kappa shape index (κ3) is 6.20. The highest BCUT2D eigenvalue weighted by atomic mass is 16.2. The first-order valence-electron chi connectivity index (χ1n) is 8.61. The number of rotatable bonds is 7. The quantitative estimate of drug-likeness (QED) is 0.749. The van der Waals surface area contributed by atoms with Crippen LogP contribution in [0.25, 0.3) is 11.8 Å². The van der Waals surface area contributed by atoms with Crippen LogP contribution in [0.15, 0.2) is 49.1 Å². The number of nitrogens with two attached hydrogens (primary N) is 1. The first-order chi connectivity index (χ1) is 12.2. The van der Waals surface area contributed by atoms with E-state index in [0.717, 1.165) is 17.7 Å². The standard InChI is InChI=1S/C20H26N4O2/c1-20(2,3)11-10-17(19(21)26)23-18(25)9-6-15-4-7-16(8-5-15)24-13-12-22-14-24/h4-9,12-14,17H,10-11H2,1-3H3,(H2,21,26)(H,23,25)/b9-6+. The number of primary amides is 1. The van der Waals surface area contributed by atoms with Crippen LogP contribution < -0.4 is 11.1 Å². The van der Waals surface area contributed by atoms with Gasteiger partial charge in [0.1, 0.15) is 6.04 Å². The summed E-state index contributed by atoms with van der Waals surface area (Å²) in [6.07, 6.45) is 9.74. The maximum atomic E-state index is 12.1. The summed E-state index contributed by atoms with van der Waals surface area (Å²) in [6, 6.07) is 7.04. The summed E-state index contributed by atoms with van der Waals surface area (Å²) in [5, 5.41) is 2.68. The lowest BCUT2D eigenvalue weighted by molar-refractivity contribution is -0.125. The number of aromatic nitrogens is 2. The predicted molar refractivity (Wildman–Crippen MR) is 102 cm³/mol. The average Bonchev–Trinajstić information content (AvgIpc) is 3.10. The van der Waals surface area contributed by atoms with Crippen molar-refractivity contribution in [1.29, 1.82) is 0 Å². The molecule has 2 rings (SSSR count). The van der Waals surface area contributed by atoms with Crippen molar-refractivity contribution in [2.45, 2.75) is 39.7 Å². The molecule has 6 heteroatoms. The van der Waals surface area contributed by atoms with Crippen LogP contribution in [0.1, 0.15) is 39.2 Å². The van der Waals surface area contributed by atoms with Gasteiger partial charge in [0.2, 0.25) is 11.8 Å². The Morgan fingerprint density at radius 1 is 1.27 bits per heavy atom. The topological polar surface area (TPSA) is 90.0 Å². The molecule has 138 valence electrons. The Hall–Kier alpha value is -2.89. The summed E-state index contributed by atoms with van der Waals surface area (Å²) < 4.78 is 1.90. The van der Waals surface area contributed by atoms with Crippen molar-refractivity contribution in [2.75, 3.05) is 0 Å². The number of nitrogens with zero attached hydrogens (tertiary/aromatic N) is 2. The van der Waals surface area contributed by atoms with E-state index in [1.807, 2.05) is 35.0 Å². The molecule has 0 aliphatic heterocycles. The van der Waals surface area contributed by atoms with Crippen molar-refractivity contribution in [3.63, 3.8) is 0 Å². The van der Waals surface area contributed by atoms with Crippen LogP contribution in [-0.2, 0) is 9.59 Å². The van der Waals surface area contributed by atoms with E-state index in [-0.39, 0.29) is 11.3 Å². The summed E-state index contributed by atoms with van der Waals surface area (Å²) >= 11 is 0. The summed E-state index contributed by atoms with van der Waals surface area (Å²) in [5.74, 6) is -0.845. The van der Waals surface area contributed by atoms with Crippen molar-refractivity contribution < 1.29 is 9.59 Å². The van der Waals surface area contributed by atoms with Crippen molar-refractivity contribution in [2.24, 2.45) is 11.1 Å². The molecule has 1 aromatic carbocycles. The highest BCUT2D eigenvalue weighted by Crippen LogP contribution is 2.21. The molecule has 0 spiro atoms. The molecule has 0 saturated carbocycles. The highest BCUT2D eigenvalue weighted by Gasteiger charge is 2.20. The molecule has 0 bridgehead atoms. The maximum absolute atomic E-state index is 12.1. The van der Waals surface area contributed by atoms with Crippen LogP contribution in [-0.4, -0.2) is 27.4 Å². The molecular weight excluding hydrogens is 328 g/mol. The number of hydrogen-bond donors (Lipinski definition) is 2. The molecule has 26 heavy (non-hydrogen) atoms. The van der Waals surface area contributed by atoms with Gasteiger partial charge in [-0.1, -0.05) is 32.9 Å². The Morgan fingerprint density at radius 2 is 1.96 bits per heavy atom. The highest BCUT2D eigenvalue weighted by molar-refractivity contribution is 5.95. The van der Waals surface area contributed by atoms with Crippen molar-refractivity contribution in [3.05, 3.63) is 54.6 Å². The van der Waals surface area contributed by atoms with Gasteiger partial charge in [0.15, 0.2) is 0 Å². The van der Waals surface area contributed by atoms with Crippen LogP contribution in [0.2, 0.25) is 0 Å². The van der Waals surface area contributed by atoms with E-state index < -0.39 is 11.9 Å². The van der Waals surface area contributed by atoms with Gasteiger partial charge in [0.05, 0.1) is 6.33 Å². The lowest BCUT2D eigenvalue weighted by Gasteiger charge is -2.21. The monoisotopic (exact) mass is 354 g/mol. The molecule has 3 N–H and O–H groups in total. The molecule has 1 atom stereocenters. The minimum absolute atomic E-state index is 0.0747. The van der Waals surface area contributed by atoms with Gasteiger partial charge < -0.3 is 15.6 Å². The normalized spacial score (nSPS) is 12.9. The smallest absolute Gasteiger partial charge is 0.244 e. The van der Waals surface area contributed by atoms with Gasteiger partial charge in [0.25, 0.3) is 0 Å². The molecule has 6 nitrogen and oxygen atoms in total. The maximum Gasteiger partial charge on any atom is 0.244 e. The Kier molecular flexibility index (Phi) is 6.33. The molecule has 1 unspecified atom stereocenters. The third-order valence-electron chi connectivity index (χ3n) is 3.97. The van der Waals surface area contributed by atoms with E-state index in [0.29, 0.717) is 6.42 Å². The fraction of sp³-hybridized carbons (Fsp3) is 0.350. The Bertz CT molecular complexity index is 756. The predicted octanol–water partition coefficient (Wildman–Crippen LogP) is 2.68. The second kappa shape index (κ2) is 8.47. The summed E-state index contributed by atoms with van der Waals surface area (Å²) in [6.45, 7) is 6.25. The Labute approximate surface area is 154 Å². The molecular formula is C20H26N4O2. The molecule has 1 aromatic heterocycles. The molecule has 0 fully saturated rings. The third-order valence-corrected chi connectivity index (χ3v) is 3.97. The zero-order valence-electron chi connectivity index (χ0n) is 15.5. The fourth-order valence-electron chi connectivity index (χ4n) is 2.42. The molecule has 0 saturated heterocycles. The van der Waals surface area contributed by atoms with Gasteiger partial charge in [-0.25, -0.2) is 4.98 Å². The fourth-order valence-corrected chi connectivity index (χ4v) is 2.42. The zero-order chi connectivity index (χ0) is 19.2. The van der Waals surface area contributed by atoms with Gasteiger partial charge in [-0.2, -0.15) is 0 Å². The van der Waals surface area contributed by atoms with E-state index in [9.17, 15) is 9.59 Å². The van der Waals surface area contributed by atoms with Crippen LogP contribution in [0.4, 0.5) is 0 Å². The Morgan fingerprint density at radius 3 is 2.50 bits per heavy atom. The van der Waals surface area contributed by atoms with E-state index in [1.54, 1.807) is 18.6 Å². The lowest BCUT2D eigenvalue weighted by Crippen LogP contribution is -2.44. The first-order valence-corrected chi connectivity index (χ1v) is 8.61. The molecule has 2 amide bonds. The second-order valence-corrected chi connectivity index (χ2v) is 7.46. The van der Waals surface area contributed by atoms with Gasteiger partial charge in [-0.15, -0.1) is 0 Å². The molecule has 0 aliphatic rings. The van der Waals surface area contributed by atoms with Gasteiger partial charge >= 0.3 is 0 Å². The summed E-state index contributed by atoms with van der Waals surface area (Å²) in [7, 11) is 0. The van der Waals surface area contributed by atoms with Crippen LogP contribution in [0.5, 0.6) is 0 Å². The minimum atomic E-state index is -0.657. The summed E-state index contributed by atoms with van der Waals surface area (Å²) in [5.41, 5.74) is 7.34. The number of nitrogens with one attached hydrogen (secondary N) is 1. The number of hydrogen-bond acceptors (Lipinski definition) is 3. The SMILES string of the molecule is CC(C)(C)CCC(NC(=O)/C=C/c1ccc(-n2ccnc2)cc1)C(N)=O. The number of benzene rings is 1. The van der Waals surface area contributed by atoms with Crippen LogP contribution in [0, 0.1) is 5.41 Å². The Balaban J connectivity index is 1.94. The number of carbonyl (C=O) groups is 2. The van der Waals surface area contributed by atoms with Crippen molar-refractivity contribution in [3.8, 4) is 5.69 Å². The zero-order valence-corrected chi connectivity index (χ0v) is 15.5. The minimum Gasteiger partial charge on any atom is -0.368 e. The largest absolute Gasteiger partial charge is 0.368 e. The van der Waals surface area contributed by atoms with Crippen molar-refractivity contribution in [1.82, 2.24) is 14.9 Å². The van der Waals surface area contributed by atoms with Crippen LogP contribution >= 0.6 is 0 Å². The lowest BCUT2D eigenvalue weighted by atomic mass is 9.88. The second-order valence-electron chi connectivity index (χ2n) is 7.46. The van der Waals surface area contributed by atoms with E-state index in [1.165, 1.54) is 6.08 Å². The molecule has 1 heterocycles. The first kappa shape index (κ1) is 19.4. The van der Waals surface area contributed by atoms with Gasteiger partial charge in [-0.05, 0) is 42.0 Å². The molecule has 0 aliphatic carbocycles. The van der Waals surface area contributed by atoms with Gasteiger partial charge in [-0.3, -0.25) is 9.59 Å². The van der Waals surface area contributed by atoms with E-state index in [4.69, 9.17) is 5.73 Å². The van der Waals surface area contributed by atoms with E-state index in [2.05, 4.69) is 31.1 Å². The molecule has 2 aromatic rings. The summed E-state index contributed by atoms with van der Waals surface area (Å²) in [4.78, 5) is 27.7. The molecule has 0 radical (unpaired) electrons. The number of amides is 2. The van der Waals surface area contributed by atoms with Gasteiger partial charge in [0, 0.05) is 24.2 Å². The van der Waals surface area contributed by atoms with Crippen LogP contribution in [0.3, 0.4) is 0 Å².